The monoisotopic (exact) mass is 467 g/mol. The number of nitrogens with one attached hydrogen (secondary N) is 2. The molecule has 4 aromatic rings. The summed E-state index contributed by atoms with van der Waals surface area (Å²) in [5.74, 6) is -1.14. The van der Waals surface area contributed by atoms with Crippen molar-refractivity contribution in [1.82, 2.24) is 4.98 Å². The molecule has 3 aromatic heterocycles. The molecule has 0 saturated heterocycles. The second kappa shape index (κ2) is 9.58. The van der Waals surface area contributed by atoms with Crippen molar-refractivity contribution in [2.45, 2.75) is 6.92 Å². The van der Waals surface area contributed by atoms with Crippen LogP contribution in [0.15, 0.2) is 65.3 Å². The summed E-state index contributed by atoms with van der Waals surface area (Å²) in [5.41, 5.74) is 1.19. The lowest BCUT2D eigenvalue weighted by Gasteiger charge is -2.01. The van der Waals surface area contributed by atoms with E-state index in [9.17, 15) is 14.4 Å². The second-order valence-corrected chi connectivity index (χ2v) is 8.42. The average Bonchev–Trinajstić information content (AvgIpc) is 3.55. The molecule has 8 nitrogen and oxygen atoms in total. The summed E-state index contributed by atoms with van der Waals surface area (Å²) in [6.07, 6.45) is 1.41. The van der Waals surface area contributed by atoms with Gasteiger partial charge in [-0.3, -0.25) is 14.9 Å². The number of anilines is 2. The lowest BCUT2D eigenvalue weighted by molar-refractivity contribution is 0.0532. The van der Waals surface area contributed by atoms with Gasteiger partial charge in [-0.1, -0.05) is 41.7 Å². The zero-order chi connectivity index (χ0) is 22.5. The van der Waals surface area contributed by atoms with Gasteiger partial charge in [0.15, 0.2) is 10.9 Å². The number of carbonyl (C=O) groups is 3. The van der Waals surface area contributed by atoms with Crippen molar-refractivity contribution in [3.63, 3.8) is 0 Å². The molecular weight excluding hydrogens is 450 g/mol. The third kappa shape index (κ3) is 4.76. The van der Waals surface area contributed by atoms with Crippen LogP contribution in [0.2, 0.25) is 0 Å². The van der Waals surface area contributed by atoms with Gasteiger partial charge in [0.05, 0.1) is 28.4 Å². The van der Waals surface area contributed by atoms with Gasteiger partial charge in [-0.15, -0.1) is 11.3 Å². The van der Waals surface area contributed by atoms with Gasteiger partial charge in [-0.05, 0) is 31.2 Å². The Morgan fingerprint density at radius 2 is 1.78 bits per heavy atom. The van der Waals surface area contributed by atoms with E-state index in [0.717, 1.165) is 28.2 Å². The van der Waals surface area contributed by atoms with Crippen LogP contribution < -0.4 is 10.6 Å². The van der Waals surface area contributed by atoms with Crippen molar-refractivity contribution in [3.05, 3.63) is 76.4 Å². The Balaban J connectivity index is 1.51. The molecule has 0 fully saturated rings. The molecule has 0 aliphatic rings. The summed E-state index contributed by atoms with van der Waals surface area (Å²) in [5, 5.41) is 6.16. The van der Waals surface area contributed by atoms with Gasteiger partial charge < -0.3 is 14.5 Å². The predicted octanol–water partition coefficient (Wildman–Crippen LogP) is 5.15. The van der Waals surface area contributed by atoms with E-state index in [0.29, 0.717) is 20.4 Å². The molecule has 2 N–H and O–H groups in total. The summed E-state index contributed by atoms with van der Waals surface area (Å²) in [6, 6.07) is 15.6. The molecule has 0 aliphatic heterocycles. The van der Waals surface area contributed by atoms with Gasteiger partial charge in [-0.2, -0.15) is 0 Å². The molecular formula is C22H17N3O5S2. The fourth-order valence-corrected chi connectivity index (χ4v) is 4.44. The van der Waals surface area contributed by atoms with Gasteiger partial charge in [-0.25, -0.2) is 9.78 Å². The fourth-order valence-electron chi connectivity index (χ4n) is 2.77. The van der Waals surface area contributed by atoms with E-state index in [-0.39, 0.29) is 17.5 Å². The van der Waals surface area contributed by atoms with Crippen LogP contribution in [0.3, 0.4) is 0 Å². The number of hydrogen-bond acceptors (Lipinski definition) is 8. The second-order valence-electron chi connectivity index (χ2n) is 6.33. The Hall–Kier alpha value is -3.76. The molecule has 0 spiro atoms. The fraction of sp³-hybridized carbons (Fsp3) is 0.0909. The number of benzene rings is 1. The Kier molecular flexibility index (Phi) is 6.43. The molecule has 2 amide bonds. The lowest BCUT2D eigenvalue weighted by Crippen LogP contribution is -2.10. The number of ether oxygens (including phenoxy) is 1. The van der Waals surface area contributed by atoms with Crippen LogP contribution in [0.25, 0.3) is 11.3 Å². The first-order chi connectivity index (χ1) is 15.5. The van der Waals surface area contributed by atoms with Crippen LogP contribution >= 0.6 is 22.7 Å². The minimum absolute atomic E-state index is 0.173. The number of thiophene rings is 1. The van der Waals surface area contributed by atoms with Crippen molar-refractivity contribution in [1.29, 1.82) is 0 Å². The molecule has 0 atom stereocenters. The number of aromatic nitrogens is 1. The van der Waals surface area contributed by atoms with E-state index < -0.39 is 17.8 Å². The first kappa shape index (κ1) is 21.5. The van der Waals surface area contributed by atoms with Gasteiger partial charge in [0.2, 0.25) is 0 Å². The van der Waals surface area contributed by atoms with Crippen LogP contribution in [0.1, 0.15) is 36.8 Å². The Labute approximate surface area is 190 Å². The van der Waals surface area contributed by atoms with Gasteiger partial charge in [0.25, 0.3) is 11.8 Å². The highest BCUT2D eigenvalue weighted by atomic mass is 32.1. The highest BCUT2D eigenvalue weighted by molar-refractivity contribution is 7.19. The third-order valence-corrected chi connectivity index (χ3v) is 6.12. The highest BCUT2D eigenvalue weighted by Gasteiger charge is 2.22. The summed E-state index contributed by atoms with van der Waals surface area (Å²) in [6.45, 7) is 1.96. The summed E-state index contributed by atoms with van der Waals surface area (Å²) in [4.78, 5) is 42.3. The molecule has 0 saturated carbocycles. The Morgan fingerprint density at radius 3 is 2.50 bits per heavy atom. The largest absolute Gasteiger partial charge is 0.462 e. The SMILES string of the molecule is CCOC(=O)c1sc(NC(=O)c2ccc(NC(=O)c3ccco3)s2)nc1-c1ccccc1. The van der Waals surface area contributed by atoms with E-state index in [1.54, 1.807) is 31.2 Å². The summed E-state index contributed by atoms with van der Waals surface area (Å²) < 4.78 is 10.2. The molecule has 0 aliphatic carbocycles. The number of furan rings is 1. The zero-order valence-electron chi connectivity index (χ0n) is 16.8. The number of carbonyl (C=O) groups excluding carboxylic acids is 3. The number of nitrogens with zero attached hydrogens (tertiary/aromatic N) is 1. The Bertz CT molecular complexity index is 1250. The molecule has 4 rings (SSSR count). The standard InChI is InChI=1S/C22H17N3O5S2/c1-2-29-21(28)18-17(13-7-4-3-5-8-13)24-22(32-18)25-20(27)15-10-11-16(31-15)23-19(26)14-9-6-12-30-14/h3-12H,2H2,1H3,(H,23,26)(H,24,25,27). The number of thiazole rings is 1. The minimum atomic E-state index is -0.497. The molecule has 0 radical (unpaired) electrons. The van der Waals surface area contributed by atoms with Crippen LogP contribution in [-0.2, 0) is 4.74 Å². The van der Waals surface area contributed by atoms with Gasteiger partial charge >= 0.3 is 5.97 Å². The van der Waals surface area contributed by atoms with Crippen molar-refractivity contribution in [3.8, 4) is 11.3 Å². The predicted molar refractivity (Wildman–Crippen MR) is 122 cm³/mol. The van der Waals surface area contributed by atoms with Crippen molar-refractivity contribution < 1.29 is 23.5 Å². The molecule has 10 heteroatoms. The maximum atomic E-state index is 12.7. The van der Waals surface area contributed by atoms with Crippen molar-refractivity contribution in [2.75, 3.05) is 17.2 Å². The van der Waals surface area contributed by atoms with Crippen molar-refractivity contribution in [2.24, 2.45) is 0 Å². The quantitative estimate of drug-likeness (QED) is 0.364. The molecule has 1 aromatic carbocycles. The first-order valence-electron chi connectivity index (χ1n) is 9.54. The summed E-state index contributed by atoms with van der Waals surface area (Å²) >= 11 is 2.15. The van der Waals surface area contributed by atoms with E-state index in [2.05, 4.69) is 15.6 Å². The van der Waals surface area contributed by atoms with Crippen LogP contribution in [0.4, 0.5) is 10.1 Å². The van der Waals surface area contributed by atoms with E-state index >= 15 is 0 Å². The van der Waals surface area contributed by atoms with Gasteiger partial charge in [0.1, 0.15) is 4.88 Å². The minimum Gasteiger partial charge on any atom is -0.462 e. The first-order valence-corrected chi connectivity index (χ1v) is 11.2. The lowest BCUT2D eigenvalue weighted by atomic mass is 10.1. The number of amides is 2. The maximum absolute atomic E-state index is 12.7. The highest BCUT2D eigenvalue weighted by Crippen LogP contribution is 2.32. The smallest absolute Gasteiger partial charge is 0.350 e. The molecule has 0 unspecified atom stereocenters. The molecule has 0 bridgehead atoms. The van der Waals surface area contributed by atoms with Crippen molar-refractivity contribution >= 4 is 50.6 Å². The van der Waals surface area contributed by atoms with E-state index in [4.69, 9.17) is 9.15 Å². The van der Waals surface area contributed by atoms with Crippen LogP contribution in [0.5, 0.6) is 0 Å². The number of esters is 1. The summed E-state index contributed by atoms with van der Waals surface area (Å²) in [7, 11) is 0. The zero-order valence-corrected chi connectivity index (χ0v) is 18.4. The maximum Gasteiger partial charge on any atom is 0.350 e. The molecule has 162 valence electrons. The molecule has 32 heavy (non-hydrogen) atoms. The normalized spacial score (nSPS) is 10.5. The van der Waals surface area contributed by atoms with Crippen LogP contribution in [-0.4, -0.2) is 29.4 Å². The number of rotatable bonds is 7. The van der Waals surface area contributed by atoms with E-state index in [1.165, 1.54) is 6.26 Å². The van der Waals surface area contributed by atoms with E-state index in [1.807, 2.05) is 30.3 Å². The average molecular weight is 468 g/mol. The Morgan fingerprint density at radius 1 is 0.969 bits per heavy atom. The molecule has 3 heterocycles. The van der Waals surface area contributed by atoms with Crippen LogP contribution in [0, 0.1) is 0 Å². The third-order valence-electron chi connectivity index (χ3n) is 4.17. The number of hydrogen-bond donors (Lipinski definition) is 2. The van der Waals surface area contributed by atoms with Gasteiger partial charge in [0, 0.05) is 5.56 Å². The topological polar surface area (TPSA) is 111 Å².